The zero-order chi connectivity index (χ0) is 24.5. The zero-order valence-electron chi connectivity index (χ0n) is 18.0. The number of fused-ring (bicyclic) bond motifs is 1. The maximum atomic E-state index is 12.8. The summed E-state index contributed by atoms with van der Waals surface area (Å²) < 4.78 is 54.0. The maximum absolute atomic E-state index is 12.8. The number of aromatic nitrogens is 1. The first kappa shape index (κ1) is 24.6. The first-order valence-corrected chi connectivity index (χ1v) is 12.5. The Morgan fingerprint density at radius 3 is 2.56 bits per heavy atom. The van der Waals surface area contributed by atoms with Crippen LogP contribution < -0.4 is 10.5 Å². The molecule has 1 amide bonds. The number of nitrogens with one attached hydrogen (secondary N) is 1. The highest BCUT2D eigenvalue weighted by Crippen LogP contribution is 2.33. The van der Waals surface area contributed by atoms with Gasteiger partial charge in [0.1, 0.15) is 16.9 Å². The lowest BCUT2D eigenvalue weighted by Crippen LogP contribution is -2.47. The minimum atomic E-state index is -4.32. The third-order valence-electron chi connectivity index (χ3n) is 5.80. The molecule has 1 aliphatic rings. The van der Waals surface area contributed by atoms with Gasteiger partial charge in [-0.2, -0.15) is 13.2 Å². The van der Waals surface area contributed by atoms with Crippen molar-refractivity contribution in [3.05, 3.63) is 48.0 Å². The number of carbonyl (C=O) groups excluding carboxylic acids is 1. The number of hydrogen-bond acceptors (Lipinski definition) is 7. The number of nitrogen functional groups attached to an aromatic ring is 1. The molecule has 0 bridgehead atoms. The van der Waals surface area contributed by atoms with Crippen molar-refractivity contribution in [2.75, 3.05) is 23.5 Å². The van der Waals surface area contributed by atoms with E-state index in [0.717, 1.165) is 4.70 Å². The number of rotatable bonds is 6. The molecule has 0 spiro atoms. The second-order valence-corrected chi connectivity index (χ2v) is 10.5. The number of carbonyl (C=O) groups is 1. The summed E-state index contributed by atoms with van der Waals surface area (Å²) in [5, 5.41) is 10.8. The summed E-state index contributed by atoms with van der Waals surface area (Å²) in [5.41, 5.74) is 5.86. The van der Waals surface area contributed by atoms with Gasteiger partial charge in [-0.05, 0) is 55.7 Å². The molecule has 0 saturated carbocycles. The number of nitrogens with zero attached hydrogens (tertiary/aromatic N) is 2. The van der Waals surface area contributed by atoms with Crippen LogP contribution in [0.1, 0.15) is 36.0 Å². The summed E-state index contributed by atoms with van der Waals surface area (Å²) in [5.74, 6) is -0.270. The normalized spacial score (nSPS) is 17.0. The third-order valence-corrected chi connectivity index (χ3v) is 7.80. The Hall–Kier alpha value is -2.54. The Morgan fingerprint density at radius 2 is 1.91 bits per heavy atom. The molecule has 1 saturated heterocycles. The number of likely N-dealkylation sites (tertiary alicyclic amines) is 1. The number of anilines is 2. The number of amides is 1. The molecular weight excluding hydrogens is 489 g/mol. The topological polar surface area (TPSA) is 115 Å². The molecule has 1 aromatic heterocycles. The average molecular weight is 513 g/mol. The summed E-state index contributed by atoms with van der Waals surface area (Å²) in [6.07, 6.45) is -5.53. The van der Waals surface area contributed by atoms with Crippen LogP contribution in [0.25, 0.3) is 10.2 Å². The minimum absolute atomic E-state index is 0.0973. The van der Waals surface area contributed by atoms with Crippen LogP contribution in [0.15, 0.2) is 47.4 Å². The molecule has 0 aliphatic carbocycles. The number of alkyl halides is 3. The molecule has 1 atom stereocenters. The van der Waals surface area contributed by atoms with E-state index in [9.17, 15) is 27.6 Å². The lowest BCUT2D eigenvalue weighted by molar-refractivity contribution is -0.150. The van der Waals surface area contributed by atoms with Gasteiger partial charge >= 0.3 is 6.18 Å². The largest absolute Gasteiger partial charge is 0.588 e. The van der Waals surface area contributed by atoms with Gasteiger partial charge in [0, 0.05) is 25.1 Å². The van der Waals surface area contributed by atoms with Gasteiger partial charge in [0.05, 0.1) is 16.0 Å². The second-order valence-electron chi connectivity index (χ2n) is 8.23. The zero-order valence-corrected chi connectivity index (χ0v) is 19.6. The number of aliphatic hydroxyl groups is 1. The van der Waals surface area contributed by atoms with Crippen molar-refractivity contribution in [1.29, 1.82) is 0 Å². The van der Waals surface area contributed by atoms with Crippen LogP contribution >= 0.6 is 11.3 Å². The number of benzene rings is 2. The molecule has 7 nitrogen and oxygen atoms in total. The lowest BCUT2D eigenvalue weighted by Gasteiger charge is -2.38. The van der Waals surface area contributed by atoms with Crippen LogP contribution in [0, 0.1) is 0 Å². The predicted molar refractivity (Wildman–Crippen MR) is 126 cm³/mol. The number of hydrogen-bond donors (Lipinski definition) is 3. The van der Waals surface area contributed by atoms with Gasteiger partial charge in [-0.1, -0.05) is 17.4 Å². The summed E-state index contributed by atoms with van der Waals surface area (Å²) in [7, 11) is 0. The highest BCUT2D eigenvalue weighted by Gasteiger charge is 2.38. The summed E-state index contributed by atoms with van der Waals surface area (Å²) >= 11 is -0.290. The first-order chi connectivity index (χ1) is 16.0. The minimum Gasteiger partial charge on any atom is -0.588 e. The summed E-state index contributed by atoms with van der Waals surface area (Å²) in [6, 6.07) is 11.8. The van der Waals surface area contributed by atoms with E-state index in [0.29, 0.717) is 26.8 Å². The fourth-order valence-corrected chi connectivity index (χ4v) is 5.69. The quantitative estimate of drug-likeness (QED) is 0.424. The van der Waals surface area contributed by atoms with E-state index in [2.05, 4.69) is 9.71 Å². The number of halogens is 3. The maximum Gasteiger partial charge on any atom is 0.389 e. The molecule has 1 aliphatic heterocycles. The SMILES string of the molecule is Nc1nc2c([S+]([O-])Nc3ccc(C(=O)N4CCC(O)(CCC(F)(F)F)CC4)cc3)cccc2s1. The van der Waals surface area contributed by atoms with Crippen molar-refractivity contribution >= 4 is 49.6 Å². The van der Waals surface area contributed by atoms with Crippen LogP contribution in [0.3, 0.4) is 0 Å². The van der Waals surface area contributed by atoms with Crippen molar-refractivity contribution in [2.45, 2.75) is 42.4 Å². The molecule has 182 valence electrons. The molecule has 1 unspecified atom stereocenters. The summed E-state index contributed by atoms with van der Waals surface area (Å²) in [4.78, 5) is 19.1. The van der Waals surface area contributed by atoms with E-state index < -0.39 is 29.6 Å². The molecule has 34 heavy (non-hydrogen) atoms. The molecule has 3 aromatic rings. The van der Waals surface area contributed by atoms with Crippen LogP contribution in [-0.2, 0) is 11.4 Å². The van der Waals surface area contributed by atoms with E-state index in [1.807, 2.05) is 6.07 Å². The number of para-hydroxylation sites is 1. The molecule has 0 radical (unpaired) electrons. The van der Waals surface area contributed by atoms with Crippen molar-refractivity contribution in [3.63, 3.8) is 0 Å². The van der Waals surface area contributed by atoms with Gasteiger partial charge in [-0.25, -0.2) is 9.71 Å². The third kappa shape index (κ3) is 5.74. The number of nitrogens with two attached hydrogens (primary N) is 1. The van der Waals surface area contributed by atoms with Crippen molar-refractivity contribution < 1.29 is 27.6 Å². The van der Waals surface area contributed by atoms with Gasteiger partial charge in [-0.15, -0.1) is 0 Å². The molecule has 1 fully saturated rings. The fraction of sp³-hybridized carbons (Fsp3) is 0.364. The lowest BCUT2D eigenvalue weighted by atomic mass is 9.86. The predicted octanol–water partition coefficient (Wildman–Crippen LogP) is 4.32. The van der Waals surface area contributed by atoms with E-state index in [1.54, 1.807) is 36.4 Å². The monoisotopic (exact) mass is 512 g/mol. The van der Waals surface area contributed by atoms with Crippen LogP contribution in [-0.4, -0.2) is 50.3 Å². The van der Waals surface area contributed by atoms with Crippen molar-refractivity contribution in [2.24, 2.45) is 0 Å². The van der Waals surface area contributed by atoms with Gasteiger partial charge in [-0.3, -0.25) is 4.79 Å². The molecule has 2 aromatic carbocycles. The fourth-order valence-electron chi connectivity index (χ4n) is 3.87. The van der Waals surface area contributed by atoms with Crippen molar-refractivity contribution in [1.82, 2.24) is 9.88 Å². The van der Waals surface area contributed by atoms with Crippen LogP contribution in [0.2, 0.25) is 0 Å². The molecule has 2 heterocycles. The molecule has 4 rings (SSSR count). The summed E-state index contributed by atoms with van der Waals surface area (Å²) in [6.45, 7) is 0.357. The molecule has 12 heteroatoms. The second kappa shape index (κ2) is 9.61. The number of piperidine rings is 1. The number of thiazole rings is 1. The Labute approximate surface area is 201 Å². The van der Waals surface area contributed by atoms with Gasteiger partial charge < -0.3 is 20.3 Å². The Balaban J connectivity index is 1.36. The smallest absolute Gasteiger partial charge is 0.389 e. The van der Waals surface area contributed by atoms with Gasteiger partial charge in [0.15, 0.2) is 5.13 Å². The standard InChI is InChI=1S/C22H23F3N4O3S2/c23-22(24,25)9-8-21(31)10-12-29(13-11-21)19(30)14-4-6-15(7-5-14)28-34(32)17-3-1-2-16-18(17)27-20(26)33-16/h1-7,28,31H,8-13H2,(H2,26,27). The van der Waals surface area contributed by atoms with E-state index >= 15 is 0 Å². The Kier molecular flexibility index (Phi) is 6.94. The average Bonchev–Trinajstić information content (AvgIpc) is 3.18. The van der Waals surface area contributed by atoms with Crippen molar-refractivity contribution in [3.8, 4) is 0 Å². The van der Waals surface area contributed by atoms with Gasteiger partial charge in [0.25, 0.3) is 5.91 Å². The Morgan fingerprint density at radius 1 is 1.24 bits per heavy atom. The van der Waals surface area contributed by atoms with Crippen LogP contribution in [0.4, 0.5) is 24.0 Å². The Bertz CT molecular complexity index is 1160. The van der Waals surface area contributed by atoms with Gasteiger partial charge in [0.2, 0.25) is 4.90 Å². The molecular formula is C22H23F3N4O3S2. The highest BCUT2D eigenvalue weighted by molar-refractivity contribution is 7.93. The van der Waals surface area contributed by atoms with E-state index in [1.165, 1.54) is 16.2 Å². The van der Waals surface area contributed by atoms with E-state index in [4.69, 9.17) is 5.73 Å². The first-order valence-electron chi connectivity index (χ1n) is 10.5. The highest BCUT2D eigenvalue weighted by atomic mass is 32.2. The van der Waals surface area contributed by atoms with E-state index in [-0.39, 0.29) is 38.3 Å². The molecule has 4 N–H and O–H groups in total. The van der Waals surface area contributed by atoms with Crippen LogP contribution in [0.5, 0.6) is 0 Å².